The molecule has 0 aromatic rings. The Morgan fingerprint density at radius 1 is 1.15 bits per heavy atom. The molecule has 0 aromatic heterocycles. The molecule has 0 saturated heterocycles. The Hall–Kier alpha value is -0.406. The van der Waals surface area contributed by atoms with Crippen LogP contribution in [0.4, 0.5) is 0 Å². The van der Waals surface area contributed by atoms with Crippen LogP contribution in [-0.2, 0) is 42.3 Å². The number of hydrogen-bond donors (Lipinski definition) is 1. The van der Waals surface area contributed by atoms with Crippen LogP contribution in [0.3, 0.4) is 0 Å². The molecule has 71 valence electrons. The van der Waals surface area contributed by atoms with Crippen molar-refractivity contribution in [1.29, 1.82) is 0 Å². The molecule has 1 radical (unpaired) electrons. The summed E-state index contributed by atoms with van der Waals surface area (Å²) in [5, 5.41) is 7.89. The number of rotatable bonds is 2. The number of carbonyl (C=O) groups is 2. The van der Waals surface area contributed by atoms with Crippen molar-refractivity contribution in [2.75, 3.05) is 0 Å². The predicted octanol–water partition coefficient (Wildman–Crippen LogP) is 1.61. The fraction of sp³-hybridized carbons (Fsp3) is 0.222. The summed E-state index contributed by atoms with van der Waals surface area (Å²) in [6.07, 6.45) is 0. The summed E-state index contributed by atoms with van der Waals surface area (Å²) in [4.78, 5) is 19.5. The van der Waals surface area contributed by atoms with Gasteiger partial charge in [-0.05, 0) is 6.92 Å². The maximum Gasteiger partial charge on any atom is 0.330 e. The monoisotopic (exact) mass is 258 g/mol. The average Bonchev–Trinajstić information content (AvgIpc) is 1.88. The van der Waals surface area contributed by atoms with E-state index in [9.17, 15) is 9.59 Å². The fourth-order valence-corrected chi connectivity index (χ4v) is 0. The van der Waals surface area contributed by atoms with E-state index in [1.807, 2.05) is 0 Å². The van der Waals surface area contributed by atoms with E-state index in [0.717, 1.165) is 0 Å². The van der Waals surface area contributed by atoms with Crippen LogP contribution in [-0.4, -0.2) is 16.9 Å². The summed E-state index contributed by atoms with van der Waals surface area (Å²) in [6, 6.07) is 0. The Kier molecular flexibility index (Phi) is 13.7. The van der Waals surface area contributed by atoms with Crippen LogP contribution in [0.1, 0.15) is 13.8 Å². The second-order valence-corrected chi connectivity index (χ2v) is 2.29. The van der Waals surface area contributed by atoms with Crippen molar-refractivity contribution >= 4 is 11.8 Å². The SMILES string of the molecule is C=C(C)C(=O)O.C=C(C)C([CH2-])=O.[Y]. The topological polar surface area (TPSA) is 54.4 Å². The number of carboxylic acids is 1. The smallest absolute Gasteiger partial charge is 0.330 e. The van der Waals surface area contributed by atoms with Crippen molar-refractivity contribution in [2.24, 2.45) is 0 Å². The maximum absolute atomic E-state index is 9.93. The summed E-state index contributed by atoms with van der Waals surface area (Å²) >= 11 is 0. The van der Waals surface area contributed by atoms with E-state index in [-0.39, 0.29) is 44.1 Å². The molecule has 0 atom stereocenters. The van der Waals surface area contributed by atoms with Crippen molar-refractivity contribution in [1.82, 2.24) is 0 Å². The summed E-state index contributed by atoms with van der Waals surface area (Å²) in [5.74, 6) is -1.12. The molecule has 0 aromatic carbocycles. The van der Waals surface area contributed by atoms with Crippen LogP contribution in [0.25, 0.3) is 0 Å². The fourth-order valence-electron chi connectivity index (χ4n) is 0. The molecule has 0 saturated carbocycles. The first kappa shape index (κ1) is 18.4. The molecule has 1 N–H and O–H groups in total. The van der Waals surface area contributed by atoms with Crippen LogP contribution in [0, 0.1) is 6.92 Å². The van der Waals surface area contributed by atoms with Gasteiger partial charge in [0.15, 0.2) is 0 Å². The third kappa shape index (κ3) is 18.5. The van der Waals surface area contributed by atoms with Crippen LogP contribution in [0.5, 0.6) is 0 Å². The van der Waals surface area contributed by atoms with Gasteiger partial charge in [-0.2, -0.15) is 19.1 Å². The normalized spacial score (nSPS) is 6.92. The van der Waals surface area contributed by atoms with E-state index in [0.29, 0.717) is 5.57 Å². The van der Waals surface area contributed by atoms with E-state index in [4.69, 9.17) is 5.11 Å². The van der Waals surface area contributed by atoms with Gasteiger partial charge in [0.05, 0.1) is 0 Å². The molecule has 0 amide bonds. The first-order valence-corrected chi connectivity index (χ1v) is 3.19. The summed E-state index contributed by atoms with van der Waals surface area (Å²) in [6.45, 7) is 12.7. The maximum atomic E-state index is 9.93. The van der Waals surface area contributed by atoms with Gasteiger partial charge in [-0.1, -0.05) is 6.58 Å². The van der Waals surface area contributed by atoms with E-state index < -0.39 is 5.97 Å². The minimum absolute atomic E-state index is 0. The van der Waals surface area contributed by atoms with Gasteiger partial charge in [0.1, 0.15) is 0 Å². The summed E-state index contributed by atoms with van der Waals surface area (Å²) in [7, 11) is 0. The number of hydrogen-bond acceptors (Lipinski definition) is 2. The van der Waals surface area contributed by atoms with Crippen LogP contribution < -0.4 is 0 Å². The first-order chi connectivity index (χ1) is 5.29. The molecule has 4 heteroatoms. The van der Waals surface area contributed by atoms with Crippen LogP contribution in [0.15, 0.2) is 24.3 Å². The quantitative estimate of drug-likeness (QED) is 0.604. The van der Waals surface area contributed by atoms with E-state index in [1.54, 1.807) is 6.92 Å². The van der Waals surface area contributed by atoms with Crippen molar-refractivity contribution in [3.63, 3.8) is 0 Å². The minimum Gasteiger partial charge on any atom is -0.478 e. The number of ketones is 1. The van der Waals surface area contributed by atoms with E-state index in [1.165, 1.54) is 6.92 Å². The van der Waals surface area contributed by atoms with Gasteiger partial charge in [0, 0.05) is 44.1 Å². The van der Waals surface area contributed by atoms with Gasteiger partial charge in [-0.25, -0.2) is 4.79 Å². The summed E-state index contributed by atoms with van der Waals surface area (Å²) < 4.78 is 0. The van der Waals surface area contributed by atoms with Gasteiger partial charge in [-0.15, -0.1) is 6.92 Å². The van der Waals surface area contributed by atoms with Crippen LogP contribution >= 0.6 is 0 Å². The molecule has 13 heavy (non-hydrogen) atoms. The largest absolute Gasteiger partial charge is 0.478 e. The minimum atomic E-state index is -0.935. The third-order valence-corrected chi connectivity index (χ3v) is 0.841. The van der Waals surface area contributed by atoms with Crippen molar-refractivity contribution in [3.05, 3.63) is 31.2 Å². The van der Waals surface area contributed by atoms with Gasteiger partial charge in [0.2, 0.25) is 0 Å². The molecule has 0 bridgehead atoms. The molecule has 0 aliphatic rings. The Bertz CT molecular complexity index is 171. The number of carboxylic acid groups (broad SMARTS) is 1. The molecule has 0 fully saturated rings. The van der Waals surface area contributed by atoms with Gasteiger partial charge in [0.25, 0.3) is 0 Å². The zero-order valence-electron chi connectivity index (χ0n) is 7.96. The standard InChI is InChI=1S/C5H7O.C4H6O2.Y/c1-4(2)5(3)6;1-3(2)4(5)6;/h1,3H2,2H3;1H2,2H3,(H,5,6);/q-1;;. The van der Waals surface area contributed by atoms with Crippen LogP contribution in [0.2, 0.25) is 0 Å². The van der Waals surface area contributed by atoms with Crippen molar-refractivity contribution in [2.45, 2.75) is 13.8 Å². The summed E-state index contributed by atoms with van der Waals surface area (Å²) in [5.41, 5.74) is 0.685. The molecule has 0 aliphatic heterocycles. The molecular formula is C9H13O3Y-. The Balaban J connectivity index is -0.000000143. The van der Waals surface area contributed by atoms with Gasteiger partial charge < -0.3 is 9.90 Å². The number of carbonyl (C=O) groups excluding carboxylic acids is 1. The predicted molar refractivity (Wildman–Crippen MR) is 47.6 cm³/mol. The van der Waals surface area contributed by atoms with Gasteiger partial charge in [-0.3, -0.25) is 0 Å². The van der Waals surface area contributed by atoms with Gasteiger partial charge >= 0.3 is 5.97 Å². The number of allylic oxidation sites excluding steroid dienone is 1. The Morgan fingerprint density at radius 2 is 1.31 bits per heavy atom. The Morgan fingerprint density at radius 3 is 1.31 bits per heavy atom. The van der Waals surface area contributed by atoms with E-state index >= 15 is 0 Å². The molecule has 3 nitrogen and oxygen atoms in total. The third-order valence-electron chi connectivity index (χ3n) is 0.841. The molecule has 0 unspecified atom stereocenters. The second-order valence-electron chi connectivity index (χ2n) is 2.29. The molecule has 0 aliphatic carbocycles. The first-order valence-electron chi connectivity index (χ1n) is 3.19. The molecule has 0 rings (SSSR count). The number of aliphatic carboxylic acids is 1. The van der Waals surface area contributed by atoms with Crippen molar-refractivity contribution in [3.8, 4) is 0 Å². The average molecular weight is 258 g/mol. The molecule has 0 spiro atoms. The van der Waals surface area contributed by atoms with E-state index in [2.05, 4.69) is 20.1 Å². The number of Topliss-reactive ketones (excluding diaryl/α,β-unsaturated/α-hetero) is 1. The second kappa shape index (κ2) is 9.68. The van der Waals surface area contributed by atoms with Crippen molar-refractivity contribution < 1.29 is 47.4 Å². The molecule has 0 heterocycles. The zero-order chi connectivity index (χ0) is 10.3. The Labute approximate surface area is 104 Å². The molecular weight excluding hydrogens is 245 g/mol. The zero-order valence-corrected chi connectivity index (χ0v) is 10.8.